The molecule has 27 heavy (non-hydrogen) atoms. The van der Waals surface area contributed by atoms with E-state index in [4.69, 9.17) is 4.74 Å². The average Bonchev–Trinajstić information content (AvgIpc) is 2.73. The van der Waals surface area contributed by atoms with Crippen LogP contribution < -0.4 is 5.32 Å². The smallest absolute Gasteiger partial charge is 0.243 e. The first-order chi connectivity index (χ1) is 13.2. The number of carbonyl (C=O) groups is 2. The number of rotatable bonds is 1. The molecule has 5 nitrogen and oxygen atoms in total. The van der Waals surface area contributed by atoms with E-state index < -0.39 is 11.6 Å². The van der Waals surface area contributed by atoms with Crippen LogP contribution in [0.3, 0.4) is 0 Å². The standard InChI is InChI=1S/C21H18N2O3S/c24-17-15-2-1-14(13-3-7-22-8-4-13)11-16(15)19-20(18(17)25)27-12-21(26-19)5-9-23-10-6-21/h1-4,7-8,11,23H,5-6,9-10,12H2. The minimum absolute atomic E-state index is 0.265. The molecule has 136 valence electrons. The van der Waals surface area contributed by atoms with E-state index in [0.717, 1.165) is 42.6 Å². The first-order valence-corrected chi connectivity index (χ1v) is 10.1. The first kappa shape index (κ1) is 16.7. The van der Waals surface area contributed by atoms with Crippen molar-refractivity contribution in [2.45, 2.75) is 18.4 Å². The molecule has 1 aliphatic carbocycles. The Hall–Kier alpha value is -2.44. The van der Waals surface area contributed by atoms with Crippen LogP contribution in [-0.2, 0) is 9.53 Å². The second-order valence-corrected chi connectivity index (χ2v) is 8.12. The number of hydrogen-bond donors (Lipinski definition) is 1. The Morgan fingerprint density at radius 1 is 0.963 bits per heavy atom. The number of allylic oxidation sites excluding steroid dienone is 1. The van der Waals surface area contributed by atoms with Gasteiger partial charge in [0.2, 0.25) is 11.6 Å². The Kier molecular flexibility index (Phi) is 3.91. The van der Waals surface area contributed by atoms with Crippen molar-refractivity contribution in [2.75, 3.05) is 18.8 Å². The van der Waals surface area contributed by atoms with Gasteiger partial charge in [0.1, 0.15) is 16.3 Å². The summed E-state index contributed by atoms with van der Waals surface area (Å²) >= 11 is 1.48. The molecular weight excluding hydrogens is 360 g/mol. The Morgan fingerprint density at radius 3 is 2.52 bits per heavy atom. The van der Waals surface area contributed by atoms with Gasteiger partial charge >= 0.3 is 0 Å². The molecule has 1 fully saturated rings. The number of pyridine rings is 1. The lowest BCUT2D eigenvalue weighted by molar-refractivity contribution is -0.111. The summed E-state index contributed by atoms with van der Waals surface area (Å²) in [5.41, 5.74) is 2.89. The van der Waals surface area contributed by atoms with E-state index in [9.17, 15) is 9.59 Å². The monoisotopic (exact) mass is 378 g/mol. The van der Waals surface area contributed by atoms with Crippen molar-refractivity contribution in [3.05, 3.63) is 58.8 Å². The summed E-state index contributed by atoms with van der Waals surface area (Å²) in [5, 5.41) is 3.36. The lowest BCUT2D eigenvalue weighted by Gasteiger charge is -2.43. The van der Waals surface area contributed by atoms with Crippen molar-refractivity contribution in [1.29, 1.82) is 0 Å². The van der Waals surface area contributed by atoms with E-state index in [1.807, 2.05) is 24.3 Å². The zero-order valence-corrected chi connectivity index (χ0v) is 15.5. The summed E-state index contributed by atoms with van der Waals surface area (Å²) in [5.74, 6) is 0.417. The molecule has 2 aromatic rings. The zero-order chi connectivity index (χ0) is 18.4. The van der Waals surface area contributed by atoms with Crippen molar-refractivity contribution in [1.82, 2.24) is 10.3 Å². The normalized spacial score (nSPS) is 20.9. The second kappa shape index (κ2) is 6.32. The summed E-state index contributed by atoms with van der Waals surface area (Å²) in [7, 11) is 0. The molecule has 1 N–H and O–H groups in total. The summed E-state index contributed by atoms with van der Waals surface area (Å²) in [4.78, 5) is 29.8. The van der Waals surface area contributed by atoms with Crippen LogP contribution in [0.25, 0.3) is 16.9 Å². The summed E-state index contributed by atoms with van der Waals surface area (Å²) < 4.78 is 6.49. The number of aromatic nitrogens is 1. The number of fused-ring (bicyclic) bond motifs is 2. The molecule has 2 aliphatic heterocycles. The van der Waals surface area contributed by atoms with E-state index in [0.29, 0.717) is 22.0 Å². The van der Waals surface area contributed by atoms with Crippen LogP contribution in [0.1, 0.15) is 28.8 Å². The van der Waals surface area contributed by atoms with Crippen molar-refractivity contribution in [2.24, 2.45) is 0 Å². The van der Waals surface area contributed by atoms with Crippen LogP contribution in [0.15, 0.2) is 47.6 Å². The largest absolute Gasteiger partial charge is 0.484 e. The molecule has 1 aromatic carbocycles. The van der Waals surface area contributed by atoms with E-state index >= 15 is 0 Å². The highest BCUT2D eigenvalue weighted by molar-refractivity contribution is 8.04. The van der Waals surface area contributed by atoms with Gasteiger partial charge in [0, 0.05) is 42.1 Å². The Bertz CT molecular complexity index is 978. The molecule has 1 aromatic heterocycles. The van der Waals surface area contributed by atoms with Crippen LogP contribution in [0, 0.1) is 0 Å². The third-order valence-corrected chi connectivity index (χ3v) is 6.78. The minimum Gasteiger partial charge on any atom is -0.484 e. The summed E-state index contributed by atoms with van der Waals surface area (Å²) in [6, 6.07) is 9.44. The molecule has 0 saturated carbocycles. The van der Waals surface area contributed by atoms with Crippen molar-refractivity contribution in [3.8, 4) is 11.1 Å². The average molecular weight is 378 g/mol. The van der Waals surface area contributed by atoms with Crippen molar-refractivity contribution >= 4 is 29.1 Å². The van der Waals surface area contributed by atoms with Gasteiger partial charge in [-0.15, -0.1) is 11.8 Å². The number of piperidine rings is 1. The van der Waals surface area contributed by atoms with Gasteiger partial charge in [-0.3, -0.25) is 14.6 Å². The summed E-state index contributed by atoms with van der Waals surface area (Å²) in [6.07, 6.45) is 5.28. The highest BCUT2D eigenvalue weighted by atomic mass is 32.2. The second-order valence-electron chi connectivity index (χ2n) is 7.14. The molecule has 1 saturated heterocycles. The first-order valence-electron chi connectivity index (χ1n) is 9.08. The lowest BCUT2D eigenvalue weighted by Crippen LogP contribution is -2.48. The molecule has 0 radical (unpaired) electrons. The molecule has 0 amide bonds. The minimum atomic E-state index is -0.442. The number of benzene rings is 1. The van der Waals surface area contributed by atoms with Crippen LogP contribution in [0.2, 0.25) is 0 Å². The Morgan fingerprint density at radius 2 is 1.74 bits per heavy atom. The van der Waals surface area contributed by atoms with Gasteiger partial charge < -0.3 is 10.1 Å². The number of hydrogen-bond acceptors (Lipinski definition) is 6. The number of carbonyl (C=O) groups excluding carboxylic acids is 2. The molecule has 6 heteroatoms. The SMILES string of the molecule is O=C1C(=O)c2ccc(-c3ccncc3)cc2C2=C1SCC1(CCNCC1)O2. The van der Waals surface area contributed by atoms with E-state index in [-0.39, 0.29) is 5.60 Å². The number of Topliss-reactive ketones (excluding diaryl/α,β-unsaturated/α-hetero) is 2. The molecule has 1 spiro atoms. The number of thioether (sulfide) groups is 1. The van der Waals surface area contributed by atoms with Crippen LogP contribution in [0.5, 0.6) is 0 Å². The van der Waals surface area contributed by atoms with Gasteiger partial charge in [0.05, 0.1) is 0 Å². The predicted octanol–water partition coefficient (Wildman–Crippen LogP) is 3.07. The third-order valence-electron chi connectivity index (χ3n) is 5.45. The van der Waals surface area contributed by atoms with E-state index in [1.165, 1.54) is 11.8 Å². The summed E-state index contributed by atoms with van der Waals surface area (Å²) in [6.45, 7) is 1.81. The van der Waals surface area contributed by atoms with Gasteiger partial charge in [-0.05, 0) is 48.5 Å². The van der Waals surface area contributed by atoms with Gasteiger partial charge in [0.25, 0.3) is 0 Å². The quantitative estimate of drug-likeness (QED) is 0.769. The molecule has 0 bridgehead atoms. The van der Waals surface area contributed by atoms with E-state index in [1.54, 1.807) is 18.5 Å². The molecule has 3 aliphatic rings. The number of nitrogens with zero attached hydrogens (tertiary/aromatic N) is 1. The van der Waals surface area contributed by atoms with E-state index in [2.05, 4.69) is 10.3 Å². The maximum absolute atomic E-state index is 12.6. The molecule has 0 atom stereocenters. The number of ketones is 2. The fraction of sp³-hybridized carbons (Fsp3) is 0.286. The van der Waals surface area contributed by atoms with Gasteiger partial charge in [0.15, 0.2) is 0 Å². The third kappa shape index (κ3) is 2.71. The number of ether oxygens (including phenoxy) is 1. The van der Waals surface area contributed by atoms with Crippen LogP contribution in [0.4, 0.5) is 0 Å². The maximum Gasteiger partial charge on any atom is 0.243 e. The maximum atomic E-state index is 12.6. The molecule has 3 heterocycles. The highest BCUT2D eigenvalue weighted by Crippen LogP contribution is 2.47. The Labute approximate surface area is 161 Å². The lowest BCUT2D eigenvalue weighted by atomic mass is 9.89. The van der Waals surface area contributed by atoms with Crippen molar-refractivity contribution < 1.29 is 14.3 Å². The Balaban J connectivity index is 1.63. The van der Waals surface area contributed by atoms with Crippen LogP contribution in [-0.4, -0.2) is 41.0 Å². The van der Waals surface area contributed by atoms with Crippen molar-refractivity contribution in [3.63, 3.8) is 0 Å². The topological polar surface area (TPSA) is 68.3 Å². The van der Waals surface area contributed by atoms with Gasteiger partial charge in [-0.25, -0.2) is 0 Å². The predicted molar refractivity (Wildman–Crippen MR) is 104 cm³/mol. The van der Waals surface area contributed by atoms with Gasteiger partial charge in [-0.2, -0.15) is 0 Å². The van der Waals surface area contributed by atoms with Gasteiger partial charge in [-0.1, -0.05) is 6.07 Å². The van der Waals surface area contributed by atoms with Crippen LogP contribution >= 0.6 is 11.8 Å². The fourth-order valence-electron chi connectivity index (χ4n) is 3.92. The zero-order valence-electron chi connectivity index (χ0n) is 14.7. The fourth-order valence-corrected chi connectivity index (χ4v) is 5.18. The molecule has 0 unspecified atom stereocenters. The number of nitrogens with one attached hydrogen (secondary N) is 1. The molecular formula is C21H18N2O3S. The highest BCUT2D eigenvalue weighted by Gasteiger charge is 2.45. The molecule has 5 rings (SSSR count).